The molecule has 1 N–H and O–H groups in total. The molecule has 1 aromatic rings. The van der Waals surface area contributed by atoms with Crippen molar-refractivity contribution in [2.24, 2.45) is 7.05 Å². The van der Waals surface area contributed by atoms with E-state index in [0.717, 1.165) is 10.9 Å². The Morgan fingerprint density at radius 3 is 2.50 bits per heavy atom. The van der Waals surface area contributed by atoms with Crippen LogP contribution in [0, 0.1) is 0 Å². The Kier molecular flexibility index (Phi) is 4.85. The lowest BCUT2D eigenvalue weighted by Crippen LogP contribution is -2.31. The number of rotatable bonds is 5. The molecule has 0 bridgehead atoms. The zero-order valence-corrected chi connectivity index (χ0v) is 12.8. The molecule has 1 heterocycles. The molecule has 0 aliphatic carbocycles. The van der Waals surface area contributed by atoms with Gasteiger partial charge in [0.2, 0.25) is 0 Å². The molecule has 0 saturated heterocycles. The number of hydrogen-bond acceptors (Lipinski definition) is 5. The molecular formula is C11H20N2O3S2. The largest absolute Gasteiger partial charge is 0.390 e. The number of aliphatic hydroxyl groups is 1. The smallest absolute Gasteiger partial charge is 0.167 e. The topological polar surface area (TPSA) is 72.2 Å². The van der Waals surface area contributed by atoms with Crippen molar-refractivity contribution >= 4 is 21.6 Å². The highest BCUT2D eigenvalue weighted by molar-refractivity contribution is 8.00. The predicted molar refractivity (Wildman–Crippen MR) is 73.4 cm³/mol. The molecule has 104 valence electrons. The van der Waals surface area contributed by atoms with Gasteiger partial charge in [0.15, 0.2) is 15.0 Å². The second kappa shape index (κ2) is 5.63. The van der Waals surface area contributed by atoms with Crippen LogP contribution in [0.3, 0.4) is 0 Å². The van der Waals surface area contributed by atoms with Gasteiger partial charge in [0, 0.05) is 12.8 Å². The Bertz CT molecular complexity index is 501. The quantitative estimate of drug-likeness (QED) is 0.826. The maximum Gasteiger partial charge on any atom is 0.167 e. The highest BCUT2D eigenvalue weighted by Gasteiger charge is 2.28. The molecule has 0 aromatic carbocycles. The number of aromatic nitrogens is 2. The van der Waals surface area contributed by atoms with E-state index >= 15 is 0 Å². The minimum Gasteiger partial charge on any atom is -0.390 e. The van der Waals surface area contributed by atoms with E-state index in [2.05, 4.69) is 4.98 Å². The first kappa shape index (κ1) is 15.5. The summed E-state index contributed by atoms with van der Waals surface area (Å²) in [7, 11) is -1.28. The van der Waals surface area contributed by atoms with Gasteiger partial charge < -0.3 is 9.67 Å². The van der Waals surface area contributed by atoms with Crippen LogP contribution in [0.15, 0.2) is 11.4 Å². The Labute approximate surface area is 113 Å². The van der Waals surface area contributed by atoms with E-state index in [-0.39, 0.29) is 12.4 Å². The van der Waals surface area contributed by atoms with Gasteiger partial charge in [-0.15, -0.1) is 0 Å². The van der Waals surface area contributed by atoms with Crippen LogP contribution in [0.25, 0.3) is 0 Å². The highest BCUT2D eigenvalue weighted by atomic mass is 32.2. The van der Waals surface area contributed by atoms with E-state index in [1.165, 1.54) is 11.8 Å². The number of imidazole rings is 1. The maximum absolute atomic E-state index is 11.9. The zero-order chi connectivity index (χ0) is 14.0. The Balaban J connectivity index is 2.60. The van der Waals surface area contributed by atoms with Gasteiger partial charge in [0.25, 0.3) is 0 Å². The van der Waals surface area contributed by atoms with Crippen LogP contribution in [0.1, 0.15) is 26.5 Å². The summed E-state index contributed by atoms with van der Waals surface area (Å²) in [6.07, 6.45) is 1.60. The molecule has 1 rings (SSSR count). The van der Waals surface area contributed by atoms with Crippen molar-refractivity contribution in [3.05, 3.63) is 11.9 Å². The number of aliphatic hydroxyl groups excluding tert-OH is 1. The van der Waals surface area contributed by atoms with Crippen LogP contribution in [-0.2, 0) is 23.5 Å². The molecule has 18 heavy (non-hydrogen) atoms. The van der Waals surface area contributed by atoms with Crippen molar-refractivity contribution < 1.29 is 13.5 Å². The molecule has 1 aromatic heterocycles. The summed E-state index contributed by atoms with van der Waals surface area (Å²) in [5.74, 6) is 0.595. The number of nitrogens with zero attached hydrogens (tertiary/aromatic N) is 2. The second-order valence-corrected chi connectivity index (χ2v) is 8.95. The predicted octanol–water partition coefficient (Wildman–Crippen LogP) is 1.22. The summed E-state index contributed by atoms with van der Waals surface area (Å²) < 4.78 is 24.9. The average molecular weight is 292 g/mol. The van der Waals surface area contributed by atoms with Crippen molar-refractivity contribution in [2.75, 3.05) is 11.5 Å². The van der Waals surface area contributed by atoms with Crippen molar-refractivity contribution in [3.8, 4) is 0 Å². The first-order chi connectivity index (χ1) is 8.19. The third-order valence-electron chi connectivity index (χ3n) is 2.72. The van der Waals surface area contributed by atoms with E-state index in [4.69, 9.17) is 5.11 Å². The minimum absolute atomic E-state index is 0.0651. The van der Waals surface area contributed by atoms with Gasteiger partial charge in [-0.1, -0.05) is 11.8 Å². The molecule has 0 unspecified atom stereocenters. The van der Waals surface area contributed by atoms with Gasteiger partial charge in [0.1, 0.15) is 0 Å². The molecular weight excluding hydrogens is 272 g/mol. The Morgan fingerprint density at radius 1 is 1.44 bits per heavy atom. The fourth-order valence-electron chi connectivity index (χ4n) is 1.26. The van der Waals surface area contributed by atoms with E-state index in [9.17, 15) is 8.42 Å². The normalized spacial score (nSPS) is 12.9. The lowest BCUT2D eigenvalue weighted by molar-refractivity contribution is 0.271. The van der Waals surface area contributed by atoms with Crippen molar-refractivity contribution in [1.29, 1.82) is 0 Å². The first-order valence-electron chi connectivity index (χ1n) is 5.65. The average Bonchev–Trinajstić information content (AvgIpc) is 2.58. The van der Waals surface area contributed by atoms with Crippen LogP contribution in [0.4, 0.5) is 0 Å². The molecule has 5 nitrogen and oxygen atoms in total. The maximum atomic E-state index is 11.9. The Hall–Kier alpha value is -0.530. The van der Waals surface area contributed by atoms with Crippen LogP contribution in [-0.4, -0.2) is 39.3 Å². The lowest BCUT2D eigenvalue weighted by Gasteiger charge is -2.18. The summed E-state index contributed by atoms with van der Waals surface area (Å²) in [5, 5.41) is 9.75. The van der Waals surface area contributed by atoms with Gasteiger partial charge in [-0.2, -0.15) is 0 Å². The van der Waals surface area contributed by atoms with E-state index in [1.807, 2.05) is 0 Å². The molecule has 0 aliphatic rings. The zero-order valence-electron chi connectivity index (χ0n) is 11.2. The van der Waals surface area contributed by atoms with Crippen LogP contribution < -0.4 is 0 Å². The SMILES string of the molecule is Cn1c(CO)cnc1SCCS(=O)(=O)C(C)(C)C. The molecule has 0 atom stereocenters. The van der Waals surface area contributed by atoms with Gasteiger partial charge in [-0.05, 0) is 20.8 Å². The lowest BCUT2D eigenvalue weighted by atomic mass is 10.3. The van der Waals surface area contributed by atoms with Crippen LogP contribution >= 0.6 is 11.8 Å². The monoisotopic (exact) mass is 292 g/mol. The van der Waals surface area contributed by atoms with Crippen molar-refractivity contribution in [2.45, 2.75) is 37.3 Å². The summed E-state index contributed by atoms with van der Waals surface area (Å²) in [6, 6.07) is 0. The summed E-state index contributed by atoms with van der Waals surface area (Å²) in [4.78, 5) is 4.14. The van der Waals surface area contributed by atoms with E-state index < -0.39 is 14.6 Å². The second-order valence-electron chi connectivity index (χ2n) is 5.03. The third-order valence-corrected chi connectivity index (χ3v) is 6.63. The molecule has 7 heteroatoms. The van der Waals surface area contributed by atoms with Gasteiger partial charge in [-0.3, -0.25) is 0 Å². The van der Waals surface area contributed by atoms with Crippen LogP contribution in [0.5, 0.6) is 0 Å². The number of thioether (sulfide) groups is 1. The molecule has 0 radical (unpaired) electrons. The first-order valence-corrected chi connectivity index (χ1v) is 8.29. The standard InChI is InChI=1S/C11H20N2O3S2/c1-11(2,3)18(15,16)6-5-17-10-12-7-9(8-14)13(10)4/h7,14H,5-6,8H2,1-4H3. The number of hydrogen-bond donors (Lipinski definition) is 1. The molecule has 0 aliphatic heterocycles. The number of sulfone groups is 1. The summed E-state index contributed by atoms with van der Waals surface area (Å²) >= 11 is 1.39. The third kappa shape index (κ3) is 3.49. The van der Waals surface area contributed by atoms with Crippen molar-refractivity contribution in [3.63, 3.8) is 0 Å². The molecule has 0 amide bonds. The Morgan fingerprint density at radius 2 is 2.06 bits per heavy atom. The molecule has 0 fully saturated rings. The van der Waals surface area contributed by atoms with Gasteiger partial charge in [-0.25, -0.2) is 13.4 Å². The van der Waals surface area contributed by atoms with E-state index in [1.54, 1.807) is 38.6 Å². The van der Waals surface area contributed by atoms with Gasteiger partial charge in [0.05, 0.1) is 29.0 Å². The fourth-order valence-corrected chi connectivity index (χ4v) is 3.70. The minimum atomic E-state index is -3.09. The highest BCUT2D eigenvalue weighted by Crippen LogP contribution is 2.21. The summed E-state index contributed by atoms with van der Waals surface area (Å²) in [6.45, 7) is 5.05. The fraction of sp³-hybridized carbons (Fsp3) is 0.727. The van der Waals surface area contributed by atoms with Gasteiger partial charge >= 0.3 is 0 Å². The molecule has 0 spiro atoms. The van der Waals surface area contributed by atoms with Crippen LogP contribution in [0.2, 0.25) is 0 Å². The summed E-state index contributed by atoms with van der Waals surface area (Å²) in [5.41, 5.74) is 0.719. The van der Waals surface area contributed by atoms with Crippen molar-refractivity contribution in [1.82, 2.24) is 9.55 Å². The van der Waals surface area contributed by atoms with E-state index in [0.29, 0.717) is 5.75 Å². The molecule has 0 saturated carbocycles.